The first-order valence-corrected chi connectivity index (χ1v) is 7.15. The van der Waals surface area contributed by atoms with Crippen molar-refractivity contribution < 1.29 is 4.39 Å². The van der Waals surface area contributed by atoms with Crippen molar-refractivity contribution in [1.29, 1.82) is 0 Å². The molecule has 19 heavy (non-hydrogen) atoms. The average molecular weight is 275 g/mol. The van der Waals surface area contributed by atoms with Crippen molar-refractivity contribution in [1.82, 2.24) is 0 Å². The molecule has 0 bridgehead atoms. The van der Waals surface area contributed by atoms with Crippen molar-refractivity contribution in [2.75, 3.05) is 0 Å². The van der Waals surface area contributed by atoms with Crippen LogP contribution in [0.1, 0.15) is 18.1 Å². The number of halogens is 1. The second-order valence-electron chi connectivity index (χ2n) is 4.85. The van der Waals surface area contributed by atoms with E-state index in [9.17, 15) is 4.39 Å². The maximum absolute atomic E-state index is 13.3. The Labute approximate surface area is 118 Å². The first kappa shape index (κ1) is 14.1. The molecule has 2 aromatic carbocycles. The van der Waals surface area contributed by atoms with Gasteiger partial charge in [-0.3, -0.25) is 0 Å². The lowest BCUT2D eigenvalue weighted by molar-refractivity contribution is 0.620. The molecule has 1 unspecified atom stereocenters. The lowest BCUT2D eigenvalue weighted by atomic mass is 10.1. The van der Waals surface area contributed by atoms with Gasteiger partial charge < -0.3 is 5.73 Å². The van der Waals surface area contributed by atoms with E-state index >= 15 is 0 Å². The van der Waals surface area contributed by atoms with Gasteiger partial charge in [-0.05, 0) is 56.2 Å². The van der Waals surface area contributed by atoms with E-state index < -0.39 is 0 Å². The fraction of sp³-hybridized carbons (Fsp3) is 0.250. The topological polar surface area (TPSA) is 26.0 Å². The molecule has 2 N–H and O–H groups in total. The summed E-state index contributed by atoms with van der Waals surface area (Å²) in [5.41, 5.74) is 8.03. The van der Waals surface area contributed by atoms with Crippen molar-refractivity contribution >= 4 is 11.8 Å². The molecule has 1 nitrogen and oxygen atoms in total. The Hall–Kier alpha value is -1.32. The van der Waals surface area contributed by atoms with Gasteiger partial charge in [-0.25, -0.2) is 4.39 Å². The normalized spacial score (nSPS) is 12.4. The van der Waals surface area contributed by atoms with Crippen LogP contribution in [0.3, 0.4) is 0 Å². The number of rotatable bonds is 4. The van der Waals surface area contributed by atoms with Gasteiger partial charge in [-0.2, -0.15) is 0 Å². The third-order valence-electron chi connectivity index (χ3n) is 2.81. The second-order valence-corrected chi connectivity index (χ2v) is 5.96. The molecule has 100 valence electrons. The monoisotopic (exact) mass is 275 g/mol. The standard InChI is InChI=1S/C16H18FNS/c1-11-3-6-15(7-4-11)19-16-8-5-14(17)10-13(16)9-12(2)18/h3-8,10,12H,9,18H2,1-2H3. The molecule has 0 amide bonds. The number of nitrogens with two attached hydrogens (primary N) is 1. The molecule has 1 atom stereocenters. The van der Waals surface area contributed by atoms with Crippen LogP contribution in [0.5, 0.6) is 0 Å². The summed E-state index contributed by atoms with van der Waals surface area (Å²) in [6.45, 7) is 4.00. The van der Waals surface area contributed by atoms with E-state index in [1.54, 1.807) is 17.8 Å². The number of hydrogen-bond acceptors (Lipinski definition) is 2. The predicted octanol–water partition coefficient (Wildman–Crippen LogP) is 4.18. The Kier molecular flexibility index (Phi) is 4.61. The molecule has 0 saturated heterocycles. The van der Waals surface area contributed by atoms with Gasteiger partial charge in [0.25, 0.3) is 0 Å². The van der Waals surface area contributed by atoms with Gasteiger partial charge in [0.2, 0.25) is 0 Å². The maximum atomic E-state index is 13.3. The zero-order valence-electron chi connectivity index (χ0n) is 11.2. The molecule has 3 heteroatoms. The molecule has 0 spiro atoms. The number of aryl methyl sites for hydroxylation is 1. The SMILES string of the molecule is Cc1ccc(Sc2ccc(F)cc2CC(C)N)cc1. The number of hydrogen-bond donors (Lipinski definition) is 1. The highest BCUT2D eigenvalue weighted by molar-refractivity contribution is 7.99. The van der Waals surface area contributed by atoms with Crippen molar-refractivity contribution in [3.8, 4) is 0 Å². The smallest absolute Gasteiger partial charge is 0.123 e. The van der Waals surface area contributed by atoms with Gasteiger partial charge in [0.15, 0.2) is 0 Å². The van der Waals surface area contributed by atoms with E-state index in [0.717, 1.165) is 15.4 Å². The minimum atomic E-state index is -0.205. The summed E-state index contributed by atoms with van der Waals surface area (Å²) in [6.07, 6.45) is 0.686. The van der Waals surface area contributed by atoms with E-state index in [0.29, 0.717) is 6.42 Å². The Balaban J connectivity index is 2.26. The zero-order valence-corrected chi connectivity index (χ0v) is 12.0. The summed E-state index contributed by atoms with van der Waals surface area (Å²) in [6, 6.07) is 13.3. The first-order valence-electron chi connectivity index (χ1n) is 6.33. The molecule has 0 aliphatic heterocycles. The van der Waals surface area contributed by atoms with Crippen molar-refractivity contribution in [2.45, 2.75) is 36.1 Å². The Morgan fingerprint density at radius 3 is 2.47 bits per heavy atom. The molecule has 2 aromatic rings. The van der Waals surface area contributed by atoms with E-state index in [4.69, 9.17) is 5.73 Å². The minimum Gasteiger partial charge on any atom is -0.328 e. The molecule has 0 fully saturated rings. The summed E-state index contributed by atoms with van der Waals surface area (Å²) in [5.74, 6) is -0.205. The summed E-state index contributed by atoms with van der Waals surface area (Å²) >= 11 is 1.65. The molecular weight excluding hydrogens is 257 g/mol. The molecule has 0 aliphatic carbocycles. The lowest BCUT2D eigenvalue weighted by Gasteiger charge is -2.11. The van der Waals surface area contributed by atoms with Crippen LogP contribution >= 0.6 is 11.8 Å². The van der Waals surface area contributed by atoms with Crippen LogP contribution in [-0.4, -0.2) is 6.04 Å². The second kappa shape index (κ2) is 6.22. The van der Waals surface area contributed by atoms with Crippen LogP contribution in [0.4, 0.5) is 4.39 Å². The highest BCUT2D eigenvalue weighted by atomic mass is 32.2. The van der Waals surface area contributed by atoms with Crippen molar-refractivity contribution in [3.05, 3.63) is 59.4 Å². The van der Waals surface area contributed by atoms with Crippen molar-refractivity contribution in [3.63, 3.8) is 0 Å². The van der Waals surface area contributed by atoms with Crippen LogP contribution in [0.15, 0.2) is 52.3 Å². The zero-order chi connectivity index (χ0) is 13.8. The fourth-order valence-electron chi connectivity index (χ4n) is 1.89. The van der Waals surface area contributed by atoms with Gasteiger partial charge in [-0.1, -0.05) is 29.5 Å². The van der Waals surface area contributed by atoms with Gasteiger partial charge in [0.1, 0.15) is 5.82 Å². The quantitative estimate of drug-likeness (QED) is 0.906. The molecule has 0 saturated carbocycles. The third-order valence-corrected chi connectivity index (χ3v) is 3.94. The summed E-state index contributed by atoms with van der Waals surface area (Å²) in [7, 11) is 0. The van der Waals surface area contributed by atoms with Crippen LogP contribution in [0.25, 0.3) is 0 Å². The predicted molar refractivity (Wildman–Crippen MR) is 79.1 cm³/mol. The lowest BCUT2D eigenvalue weighted by Crippen LogP contribution is -2.18. The molecule has 0 aliphatic rings. The van der Waals surface area contributed by atoms with E-state index in [1.165, 1.54) is 11.6 Å². The van der Waals surface area contributed by atoms with Gasteiger partial charge in [-0.15, -0.1) is 0 Å². The maximum Gasteiger partial charge on any atom is 0.123 e. The molecule has 2 rings (SSSR count). The molecule has 0 aromatic heterocycles. The van der Waals surface area contributed by atoms with Gasteiger partial charge >= 0.3 is 0 Å². The largest absolute Gasteiger partial charge is 0.328 e. The van der Waals surface area contributed by atoms with E-state index in [-0.39, 0.29) is 11.9 Å². The molecule has 0 radical (unpaired) electrons. The van der Waals surface area contributed by atoms with E-state index in [2.05, 4.69) is 31.2 Å². The van der Waals surface area contributed by atoms with Crippen LogP contribution in [0.2, 0.25) is 0 Å². The highest BCUT2D eigenvalue weighted by Gasteiger charge is 2.08. The first-order chi connectivity index (χ1) is 9.04. The van der Waals surface area contributed by atoms with Crippen molar-refractivity contribution in [2.24, 2.45) is 5.73 Å². The minimum absolute atomic E-state index is 0.0270. The Bertz CT molecular complexity index is 549. The van der Waals surface area contributed by atoms with Gasteiger partial charge in [0, 0.05) is 15.8 Å². The summed E-state index contributed by atoms with van der Waals surface area (Å²) in [4.78, 5) is 2.23. The average Bonchev–Trinajstić information content (AvgIpc) is 2.34. The Morgan fingerprint density at radius 1 is 1.16 bits per heavy atom. The fourth-order valence-corrected chi connectivity index (χ4v) is 2.82. The third kappa shape index (κ3) is 4.08. The van der Waals surface area contributed by atoms with Crippen LogP contribution < -0.4 is 5.73 Å². The number of benzene rings is 2. The van der Waals surface area contributed by atoms with E-state index in [1.807, 2.05) is 13.0 Å². The van der Waals surface area contributed by atoms with Gasteiger partial charge in [0.05, 0.1) is 0 Å². The van der Waals surface area contributed by atoms with Crippen LogP contribution in [0, 0.1) is 12.7 Å². The van der Waals surface area contributed by atoms with Crippen LogP contribution in [-0.2, 0) is 6.42 Å². The molecule has 0 heterocycles. The Morgan fingerprint density at radius 2 is 1.84 bits per heavy atom. The highest BCUT2D eigenvalue weighted by Crippen LogP contribution is 2.31. The summed E-state index contributed by atoms with van der Waals surface area (Å²) < 4.78 is 13.3. The molecular formula is C16H18FNS. The summed E-state index contributed by atoms with van der Waals surface area (Å²) in [5, 5.41) is 0.